The average molecular weight is 293 g/mol. The summed E-state index contributed by atoms with van der Waals surface area (Å²) in [6.07, 6.45) is 7.64. The number of nitrogens with zero attached hydrogens (tertiary/aromatic N) is 2. The van der Waals surface area contributed by atoms with Crippen LogP contribution in [0.3, 0.4) is 0 Å². The lowest BCUT2D eigenvalue weighted by molar-refractivity contribution is -0.0932. The SMILES string of the molecule is CCC(C)n1ccc(CNC2CCOC(CC)(CC)C2)n1. The first-order chi connectivity index (χ1) is 10.1. The Morgan fingerprint density at radius 3 is 2.86 bits per heavy atom. The van der Waals surface area contributed by atoms with Gasteiger partial charge in [-0.3, -0.25) is 4.68 Å². The van der Waals surface area contributed by atoms with Crippen LogP contribution in [0.1, 0.15) is 71.5 Å². The van der Waals surface area contributed by atoms with Crippen LogP contribution in [-0.4, -0.2) is 28.0 Å². The van der Waals surface area contributed by atoms with Crippen molar-refractivity contribution in [2.75, 3.05) is 6.61 Å². The Bertz CT molecular complexity index is 425. The maximum atomic E-state index is 6.04. The number of nitrogens with one attached hydrogen (secondary N) is 1. The largest absolute Gasteiger partial charge is 0.375 e. The highest BCUT2D eigenvalue weighted by Crippen LogP contribution is 2.31. The monoisotopic (exact) mass is 293 g/mol. The molecule has 0 bridgehead atoms. The molecule has 21 heavy (non-hydrogen) atoms. The Morgan fingerprint density at radius 2 is 2.19 bits per heavy atom. The zero-order chi connectivity index (χ0) is 15.3. The van der Waals surface area contributed by atoms with Crippen LogP contribution in [0.25, 0.3) is 0 Å². The third-order valence-electron chi connectivity index (χ3n) is 5.06. The van der Waals surface area contributed by atoms with Crippen LogP contribution in [0.2, 0.25) is 0 Å². The van der Waals surface area contributed by atoms with E-state index >= 15 is 0 Å². The molecule has 0 radical (unpaired) electrons. The van der Waals surface area contributed by atoms with Crippen molar-refractivity contribution < 1.29 is 4.74 Å². The molecule has 0 spiro atoms. The van der Waals surface area contributed by atoms with Gasteiger partial charge in [0.2, 0.25) is 0 Å². The average Bonchev–Trinajstić information content (AvgIpc) is 3.01. The van der Waals surface area contributed by atoms with Gasteiger partial charge in [-0.05, 0) is 45.1 Å². The summed E-state index contributed by atoms with van der Waals surface area (Å²) in [6.45, 7) is 10.6. The van der Waals surface area contributed by atoms with Crippen molar-refractivity contribution in [1.29, 1.82) is 0 Å². The summed E-state index contributed by atoms with van der Waals surface area (Å²) in [6, 6.07) is 3.16. The highest BCUT2D eigenvalue weighted by molar-refractivity contribution is 5.00. The Morgan fingerprint density at radius 1 is 1.43 bits per heavy atom. The molecule has 2 atom stereocenters. The van der Waals surface area contributed by atoms with E-state index in [1.807, 2.05) is 0 Å². The van der Waals surface area contributed by atoms with Crippen LogP contribution in [0.15, 0.2) is 12.3 Å². The topological polar surface area (TPSA) is 39.1 Å². The van der Waals surface area contributed by atoms with Gasteiger partial charge in [0.05, 0.1) is 11.3 Å². The molecule has 4 heteroatoms. The molecule has 2 rings (SSSR count). The maximum Gasteiger partial charge on any atom is 0.0762 e. The molecule has 2 unspecified atom stereocenters. The van der Waals surface area contributed by atoms with Gasteiger partial charge in [-0.15, -0.1) is 0 Å². The number of ether oxygens (including phenoxy) is 1. The summed E-state index contributed by atoms with van der Waals surface area (Å²) < 4.78 is 8.11. The molecular formula is C17H31N3O. The van der Waals surface area contributed by atoms with Crippen LogP contribution in [0.4, 0.5) is 0 Å². The van der Waals surface area contributed by atoms with Crippen molar-refractivity contribution in [3.05, 3.63) is 18.0 Å². The first kappa shape index (κ1) is 16.5. The van der Waals surface area contributed by atoms with Crippen molar-refractivity contribution in [3.8, 4) is 0 Å². The van der Waals surface area contributed by atoms with Crippen LogP contribution in [0.5, 0.6) is 0 Å². The van der Waals surface area contributed by atoms with E-state index in [2.05, 4.69) is 55.1 Å². The summed E-state index contributed by atoms with van der Waals surface area (Å²) in [5.74, 6) is 0. The fraction of sp³-hybridized carbons (Fsp3) is 0.824. The van der Waals surface area contributed by atoms with E-state index in [4.69, 9.17) is 4.74 Å². The minimum atomic E-state index is 0.0893. The van der Waals surface area contributed by atoms with Crippen LogP contribution < -0.4 is 5.32 Å². The number of hydrogen-bond donors (Lipinski definition) is 1. The van der Waals surface area contributed by atoms with E-state index in [1.165, 1.54) is 0 Å². The van der Waals surface area contributed by atoms with Crippen LogP contribution in [-0.2, 0) is 11.3 Å². The second kappa shape index (κ2) is 7.41. The normalized spacial score (nSPS) is 23.1. The summed E-state index contributed by atoms with van der Waals surface area (Å²) in [7, 11) is 0. The van der Waals surface area contributed by atoms with Crippen molar-refractivity contribution in [3.63, 3.8) is 0 Å². The lowest BCUT2D eigenvalue weighted by Gasteiger charge is -2.40. The first-order valence-corrected chi connectivity index (χ1v) is 8.53. The molecule has 4 nitrogen and oxygen atoms in total. The third kappa shape index (κ3) is 4.07. The number of aromatic nitrogens is 2. The Kier molecular flexibility index (Phi) is 5.82. The molecule has 0 aromatic carbocycles. The Hall–Kier alpha value is -0.870. The predicted molar refractivity (Wildman–Crippen MR) is 86.4 cm³/mol. The Labute approximate surface area is 129 Å². The highest BCUT2D eigenvalue weighted by atomic mass is 16.5. The maximum absolute atomic E-state index is 6.04. The van der Waals surface area contributed by atoms with E-state index in [1.54, 1.807) is 0 Å². The van der Waals surface area contributed by atoms with Crippen molar-refractivity contribution in [2.24, 2.45) is 0 Å². The minimum absolute atomic E-state index is 0.0893. The first-order valence-electron chi connectivity index (χ1n) is 8.53. The summed E-state index contributed by atoms with van der Waals surface area (Å²) in [5.41, 5.74) is 1.23. The van der Waals surface area contributed by atoms with Gasteiger partial charge in [0.15, 0.2) is 0 Å². The molecule has 0 amide bonds. The van der Waals surface area contributed by atoms with Crippen molar-refractivity contribution in [2.45, 2.75) is 84.0 Å². The summed E-state index contributed by atoms with van der Waals surface area (Å²) in [4.78, 5) is 0. The van der Waals surface area contributed by atoms with Gasteiger partial charge >= 0.3 is 0 Å². The van der Waals surface area contributed by atoms with E-state index in [0.717, 1.165) is 50.9 Å². The molecule has 0 aliphatic carbocycles. The lowest BCUT2D eigenvalue weighted by Crippen LogP contribution is -2.46. The third-order valence-corrected chi connectivity index (χ3v) is 5.06. The smallest absolute Gasteiger partial charge is 0.0762 e. The molecule has 2 heterocycles. The van der Waals surface area contributed by atoms with Gasteiger partial charge in [0.1, 0.15) is 0 Å². The van der Waals surface area contributed by atoms with Gasteiger partial charge < -0.3 is 10.1 Å². The van der Waals surface area contributed by atoms with Crippen molar-refractivity contribution in [1.82, 2.24) is 15.1 Å². The fourth-order valence-electron chi connectivity index (χ4n) is 3.10. The second-order valence-corrected chi connectivity index (χ2v) is 6.35. The number of hydrogen-bond acceptors (Lipinski definition) is 3. The molecule has 0 saturated carbocycles. The van der Waals surface area contributed by atoms with E-state index in [9.17, 15) is 0 Å². The molecular weight excluding hydrogens is 262 g/mol. The molecule has 120 valence electrons. The van der Waals surface area contributed by atoms with Gasteiger partial charge in [-0.25, -0.2) is 0 Å². The molecule has 1 aliphatic rings. The fourth-order valence-corrected chi connectivity index (χ4v) is 3.10. The van der Waals surface area contributed by atoms with Gasteiger partial charge in [0.25, 0.3) is 0 Å². The molecule has 1 fully saturated rings. The standard InChI is InChI=1S/C17H31N3O/c1-5-14(4)20-10-8-16(19-20)13-18-15-9-11-21-17(6-2,7-3)12-15/h8,10,14-15,18H,5-7,9,11-13H2,1-4H3. The molecule has 1 aromatic rings. The van der Waals surface area contributed by atoms with Crippen molar-refractivity contribution >= 4 is 0 Å². The Balaban J connectivity index is 1.86. The summed E-state index contributed by atoms with van der Waals surface area (Å²) >= 11 is 0. The van der Waals surface area contributed by atoms with Gasteiger partial charge in [-0.2, -0.15) is 5.10 Å². The zero-order valence-electron chi connectivity index (χ0n) is 14.1. The van der Waals surface area contributed by atoms with E-state index in [-0.39, 0.29) is 5.60 Å². The zero-order valence-corrected chi connectivity index (χ0v) is 14.1. The van der Waals surface area contributed by atoms with Gasteiger partial charge in [0, 0.05) is 31.4 Å². The minimum Gasteiger partial charge on any atom is -0.375 e. The summed E-state index contributed by atoms with van der Waals surface area (Å²) in [5, 5.41) is 8.34. The second-order valence-electron chi connectivity index (χ2n) is 6.35. The molecule has 1 saturated heterocycles. The van der Waals surface area contributed by atoms with Crippen LogP contribution in [0, 0.1) is 0 Å². The predicted octanol–water partition coefficient (Wildman–Crippen LogP) is 3.68. The molecule has 1 aromatic heterocycles. The molecule has 1 aliphatic heterocycles. The highest BCUT2D eigenvalue weighted by Gasteiger charge is 2.34. The van der Waals surface area contributed by atoms with Gasteiger partial charge in [-0.1, -0.05) is 20.8 Å². The quantitative estimate of drug-likeness (QED) is 0.833. The van der Waals surface area contributed by atoms with E-state index < -0.39 is 0 Å². The number of rotatable bonds is 7. The van der Waals surface area contributed by atoms with E-state index in [0.29, 0.717) is 12.1 Å². The molecule has 1 N–H and O–H groups in total. The van der Waals surface area contributed by atoms with Crippen LogP contribution >= 0.6 is 0 Å². The lowest BCUT2D eigenvalue weighted by atomic mass is 9.86.